The molecular formula is C14H23NOS. The fraction of sp³-hybridized carbons (Fsp3) is 0.571. The van der Waals surface area contributed by atoms with Crippen molar-refractivity contribution in [2.75, 3.05) is 20.7 Å². The van der Waals surface area contributed by atoms with Crippen LogP contribution in [-0.2, 0) is 0 Å². The lowest BCUT2D eigenvalue weighted by molar-refractivity contribution is 0.411. The minimum absolute atomic E-state index is 0.604. The van der Waals surface area contributed by atoms with Gasteiger partial charge < -0.3 is 10.1 Å². The van der Waals surface area contributed by atoms with Gasteiger partial charge in [0, 0.05) is 16.7 Å². The highest BCUT2D eigenvalue weighted by Gasteiger charge is 2.14. The van der Waals surface area contributed by atoms with Gasteiger partial charge in [-0.25, -0.2) is 0 Å². The van der Waals surface area contributed by atoms with E-state index in [9.17, 15) is 0 Å². The van der Waals surface area contributed by atoms with Crippen molar-refractivity contribution in [2.24, 2.45) is 5.92 Å². The maximum absolute atomic E-state index is 5.28. The minimum atomic E-state index is 0.604. The average molecular weight is 253 g/mol. The number of nitrogens with one attached hydrogen (secondary N) is 1. The molecule has 1 atom stereocenters. The molecule has 1 aromatic rings. The van der Waals surface area contributed by atoms with Crippen LogP contribution in [0.3, 0.4) is 0 Å². The predicted octanol–water partition coefficient (Wildman–Crippen LogP) is 3.34. The molecule has 1 N–H and O–H groups in total. The monoisotopic (exact) mass is 253 g/mol. The van der Waals surface area contributed by atoms with E-state index < -0.39 is 0 Å². The Morgan fingerprint density at radius 1 is 1.35 bits per heavy atom. The van der Waals surface area contributed by atoms with Crippen LogP contribution >= 0.6 is 11.8 Å². The molecule has 0 saturated heterocycles. The van der Waals surface area contributed by atoms with Gasteiger partial charge in [0.1, 0.15) is 5.75 Å². The van der Waals surface area contributed by atoms with Gasteiger partial charge in [-0.05, 0) is 43.7 Å². The van der Waals surface area contributed by atoms with E-state index in [1.807, 2.05) is 18.8 Å². The molecule has 17 heavy (non-hydrogen) atoms. The number of hydrogen-bond acceptors (Lipinski definition) is 3. The topological polar surface area (TPSA) is 21.3 Å². The van der Waals surface area contributed by atoms with Gasteiger partial charge in [0.2, 0.25) is 0 Å². The van der Waals surface area contributed by atoms with Gasteiger partial charge in [-0.1, -0.05) is 13.8 Å². The molecule has 0 saturated carbocycles. The van der Waals surface area contributed by atoms with Crippen LogP contribution in [0, 0.1) is 12.8 Å². The highest BCUT2D eigenvalue weighted by molar-refractivity contribution is 8.00. The molecule has 1 aromatic carbocycles. The fourth-order valence-corrected chi connectivity index (χ4v) is 2.98. The van der Waals surface area contributed by atoms with E-state index in [1.54, 1.807) is 7.11 Å². The molecule has 0 aliphatic rings. The van der Waals surface area contributed by atoms with Crippen molar-refractivity contribution in [3.63, 3.8) is 0 Å². The molecule has 0 amide bonds. The third-order valence-electron chi connectivity index (χ3n) is 2.80. The zero-order valence-electron chi connectivity index (χ0n) is 11.4. The number of rotatable bonds is 6. The van der Waals surface area contributed by atoms with Gasteiger partial charge in [-0.15, -0.1) is 11.8 Å². The standard InChI is InChI=1S/C14H23NOS/c1-10(2)14(9-15-4)17-12-6-7-13(16-5)11(3)8-12/h6-8,10,14-15H,9H2,1-5H3. The highest BCUT2D eigenvalue weighted by Crippen LogP contribution is 2.30. The number of aryl methyl sites for hydroxylation is 1. The lowest BCUT2D eigenvalue weighted by Crippen LogP contribution is -2.25. The SMILES string of the molecule is CNCC(Sc1ccc(OC)c(C)c1)C(C)C. The molecule has 0 radical (unpaired) electrons. The van der Waals surface area contributed by atoms with Gasteiger partial charge in [-0.3, -0.25) is 0 Å². The predicted molar refractivity (Wildman–Crippen MR) is 76.1 cm³/mol. The molecule has 0 bridgehead atoms. The van der Waals surface area contributed by atoms with Crippen LogP contribution in [0.4, 0.5) is 0 Å². The van der Waals surface area contributed by atoms with Crippen molar-refractivity contribution >= 4 is 11.8 Å². The second-order valence-electron chi connectivity index (χ2n) is 4.59. The van der Waals surface area contributed by atoms with Crippen LogP contribution in [0.5, 0.6) is 5.75 Å². The lowest BCUT2D eigenvalue weighted by Gasteiger charge is -2.20. The van der Waals surface area contributed by atoms with Crippen LogP contribution in [0.15, 0.2) is 23.1 Å². The number of ether oxygens (including phenoxy) is 1. The summed E-state index contributed by atoms with van der Waals surface area (Å²) in [6.45, 7) is 7.66. The zero-order valence-corrected chi connectivity index (χ0v) is 12.2. The molecule has 96 valence electrons. The van der Waals surface area contributed by atoms with Crippen molar-refractivity contribution in [1.29, 1.82) is 0 Å². The van der Waals surface area contributed by atoms with E-state index in [2.05, 4.69) is 44.3 Å². The van der Waals surface area contributed by atoms with E-state index in [0.29, 0.717) is 11.2 Å². The molecule has 0 fully saturated rings. The van der Waals surface area contributed by atoms with Crippen LogP contribution in [0.25, 0.3) is 0 Å². The summed E-state index contributed by atoms with van der Waals surface area (Å²) in [4.78, 5) is 1.32. The van der Waals surface area contributed by atoms with Crippen LogP contribution in [0.2, 0.25) is 0 Å². The maximum Gasteiger partial charge on any atom is 0.121 e. The van der Waals surface area contributed by atoms with Gasteiger partial charge >= 0.3 is 0 Å². The summed E-state index contributed by atoms with van der Waals surface area (Å²) >= 11 is 1.94. The summed E-state index contributed by atoms with van der Waals surface area (Å²) < 4.78 is 5.28. The van der Waals surface area contributed by atoms with Crippen LogP contribution < -0.4 is 10.1 Å². The molecule has 1 unspecified atom stereocenters. The Balaban J connectivity index is 2.76. The molecule has 0 aliphatic carbocycles. The molecule has 0 aliphatic heterocycles. The first-order chi connectivity index (χ1) is 8.08. The van der Waals surface area contributed by atoms with Gasteiger partial charge in [0.15, 0.2) is 0 Å². The Morgan fingerprint density at radius 3 is 2.53 bits per heavy atom. The van der Waals surface area contributed by atoms with E-state index in [-0.39, 0.29) is 0 Å². The second-order valence-corrected chi connectivity index (χ2v) is 5.90. The molecular weight excluding hydrogens is 230 g/mol. The van der Waals surface area contributed by atoms with Crippen molar-refractivity contribution in [3.8, 4) is 5.75 Å². The Morgan fingerprint density at radius 2 is 2.06 bits per heavy atom. The smallest absolute Gasteiger partial charge is 0.121 e. The first kappa shape index (κ1) is 14.4. The quantitative estimate of drug-likeness (QED) is 0.786. The first-order valence-electron chi connectivity index (χ1n) is 6.04. The molecule has 0 spiro atoms. The molecule has 1 rings (SSSR count). The summed E-state index contributed by atoms with van der Waals surface area (Å²) in [5.41, 5.74) is 1.20. The van der Waals surface area contributed by atoms with Crippen molar-refractivity contribution in [3.05, 3.63) is 23.8 Å². The summed E-state index contributed by atoms with van der Waals surface area (Å²) in [6, 6.07) is 6.39. The number of benzene rings is 1. The molecule has 0 heterocycles. The largest absolute Gasteiger partial charge is 0.496 e. The summed E-state index contributed by atoms with van der Waals surface area (Å²) in [5, 5.41) is 3.87. The Hall–Kier alpha value is -0.670. The van der Waals surface area contributed by atoms with Crippen molar-refractivity contribution in [1.82, 2.24) is 5.32 Å². The van der Waals surface area contributed by atoms with Crippen LogP contribution in [-0.4, -0.2) is 26.0 Å². The Kier molecular flexibility index (Phi) is 5.86. The van der Waals surface area contributed by atoms with E-state index >= 15 is 0 Å². The minimum Gasteiger partial charge on any atom is -0.496 e. The maximum atomic E-state index is 5.28. The summed E-state index contributed by atoms with van der Waals surface area (Å²) in [6.07, 6.45) is 0. The average Bonchev–Trinajstić information content (AvgIpc) is 2.28. The third kappa shape index (κ3) is 4.25. The normalized spacial score (nSPS) is 12.8. The Labute approximate surface area is 109 Å². The van der Waals surface area contributed by atoms with Gasteiger partial charge in [-0.2, -0.15) is 0 Å². The second kappa shape index (κ2) is 6.92. The molecule has 2 nitrogen and oxygen atoms in total. The van der Waals surface area contributed by atoms with Crippen molar-refractivity contribution < 1.29 is 4.74 Å². The molecule has 3 heteroatoms. The van der Waals surface area contributed by atoms with E-state index in [0.717, 1.165) is 12.3 Å². The highest BCUT2D eigenvalue weighted by atomic mass is 32.2. The first-order valence-corrected chi connectivity index (χ1v) is 6.92. The Bertz CT molecular complexity index is 352. The van der Waals surface area contributed by atoms with Gasteiger partial charge in [0.05, 0.1) is 7.11 Å². The number of thioether (sulfide) groups is 1. The molecule has 0 aromatic heterocycles. The van der Waals surface area contributed by atoms with E-state index in [4.69, 9.17) is 4.74 Å². The zero-order chi connectivity index (χ0) is 12.8. The van der Waals surface area contributed by atoms with E-state index in [1.165, 1.54) is 10.5 Å². The number of methoxy groups -OCH3 is 1. The fourth-order valence-electron chi connectivity index (χ4n) is 1.71. The summed E-state index contributed by atoms with van der Waals surface area (Å²) in [5.74, 6) is 1.62. The van der Waals surface area contributed by atoms with Crippen LogP contribution in [0.1, 0.15) is 19.4 Å². The summed E-state index contributed by atoms with van der Waals surface area (Å²) in [7, 11) is 3.72. The number of hydrogen-bond donors (Lipinski definition) is 1. The van der Waals surface area contributed by atoms with Crippen molar-refractivity contribution in [2.45, 2.75) is 30.9 Å². The lowest BCUT2D eigenvalue weighted by atomic mass is 10.1. The van der Waals surface area contributed by atoms with Gasteiger partial charge in [0.25, 0.3) is 0 Å². The third-order valence-corrected chi connectivity index (χ3v) is 4.34.